The van der Waals surface area contributed by atoms with Gasteiger partial charge in [-0.1, -0.05) is 30.7 Å². The van der Waals surface area contributed by atoms with Crippen LogP contribution >= 0.6 is 11.6 Å². The molecule has 2 atom stereocenters. The van der Waals surface area contributed by atoms with E-state index in [9.17, 15) is 0 Å². The highest BCUT2D eigenvalue weighted by atomic mass is 35.5. The van der Waals surface area contributed by atoms with Gasteiger partial charge in [-0.25, -0.2) is 0 Å². The molecular weight excluding hydrogens is 270 g/mol. The zero-order valence-electron chi connectivity index (χ0n) is 12.6. The minimum absolute atomic E-state index is 0.269. The standard InChI is InChI=1S/C16H26ClN3/c1-3-15-12-19(2)8-5-9-20(15)16(11-18)13-6-4-7-14(17)10-13/h4,6-7,10,15-16H,3,5,8-9,11-12,18H2,1-2H3. The second-order valence-electron chi connectivity index (χ2n) is 5.72. The number of nitrogens with zero attached hydrogens (tertiary/aromatic N) is 2. The summed E-state index contributed by atoms with van der Waals surface area (Å²) in [5.41, 5.74) is 7.33. The number of hydrogen-bond donors (Lipinski definition) is 1. The summed E-state index contributed by atoms with van der Waals surface area (Å²) in [5.74, 6) is 0. The van der Waals surface area contributed by atoms with Gasteiger partial charge in [0.05, 0.1) is 0 Å². The number of benzene rings is 1. The maximum atomic E-state index is 6.14. The quantitative estimate of drug-likeness (QED) is 0.927. The van der Waals surface area contributed by atoms with Gasteiger partial charge in [-0.2, -0.15) is 0 Å². The fourth-order valence-corrected chi connectivity index (χ4v) is 3.41. The highest BCUT2D eigenvalue weighted by Crippen LogP contribution is 2.27. The van der Waals surface area contributed by atoms with Crippen molar-refractivity contribution in [1.29, 1.82) is 0 Å². The summed E-state index contributed by atoms with van der Waals surface area (Å²) in [7, 11) is 2.21. The molecule has 0 aromatic heterocycles. The number of nitrogens with two attached hydrogens (primary N) is 1. The summed E-state index contributed by atoms with van der Waals surface area (Å²) in [4.78, 5) is 5.01. The van der Waals surface area contributed by atoms with Crippen LogP contribution in [0.15, 0.2) is 24.3 Å². The van der Waals surface area contributed by atoms with E-state index in [0.29, 0.717) is 12.6 Å². The van der Waals surface area contributed by atoms with E-state index < -0.39 is 0 Å². The molecule has 2 N–H and O–H groups in total. The lowest BCUT2D eigenvalue weighted by Crippen LogP contribution is -2.44. The van der Waals surface area contributed by atoms with Crippen molar-refractivity contribution in [1.82, 2.24) is 9.80 Å². The van der Waals surface area contributed by atoms with Gasteiger partial charge in [-0.3, -0.25) is 4.90 Å². The first-order valence-corrected chi connectivity index (χ1v) is 7.93. The second-order valence-corrected chi connectivity index (χ2v) is 6.16. The third-order valence-electron chi connectivity index (χ3n) is 4.28. The van der Waals surface area contributed by atoms with Gasteiger partial charge in [0, 0.05) is 36.7 Å². The summed E-state index contributed by atoms with van der Waals surface area (Å²) in [6, 6.07) is 8.97. The van der Waals surface area contributed by atoms with E-state index in [4.69, 9.17) is 17.3 Å². The number of likely N-dealkylation sites (N-methyl/N-ethyl adjacent to an activating group) is 1. The first kappa shape index (κ1) is 15.8. The molecule has 0 spiro atoms. The molecule has 20 heavy (non-hydrogen) atoms. The van der Waals surface area contributed by atoms with Gasteiger partial charge in [0.1, 0.15) is 0 Å². The van der Waals surface area contributed by atoms with Crippen LogP contribution in [-0.2, 0) is 0 Å². The van der Waals surface area contributed by atoms with Gasteiger partial charge >= 0.3 is 0 Å². The molecule has 0 amide bonds. The average molecular weight is 296 g/mol. The van der Waals surface area contributed by atoms with Crippen molar-refractivity contribution in [2.24, 2.45) is 5.73 Å². The van der Waals surface area contributed by atoms with Crippen LogP contribution in [0, 0.1) is 0 Å². The van der Waals surface area contributed by atoms with Crippen LogP contribution in [0.1, 0.15) is 31.4 Å². The number of hydrogen-bond acceptors (Lipinski definition) is 3. The Kier molecular flexibility index (Phi) is 5.85. The van der Waals surface area contributed by atoms with Gasteiger partial charge in [0.15, 0.2) is 0 Å². The predicted octanol–water partition coefficient (Wildman–Crippen LogP) is 2.76. The van der Waals surface area contributed by atoms with Crippen LogP contribution in [0.5, 0.6) is 0 Å². The monoisotopic (exact) mass is 295 g/mol. The molecule has 1 aromatic rings. The summed E-state index contributed by atoms with van der Waals surface area (Å²) in [5, 5.41) is 0.793. The summed E-state index contributed by atoms with van der Waals surface area (Å²) in [6.07, 6.45) is 2.35. The second kappa shape index (κ2) is 7.41. The molecule has 1 heterocycles. The summed E-state index contributed by atoms with van der Waals surface area (Å²) < 4.78 is 0. The molecular formula is C16H26ClN3. The zero-order valence-corrected chi connectivity index (χ0v) is 13.3. The van der Waals surface area contributed by atoms with E-state index in [0.717, 1.165) is 24.5 Å². The molecule has 0 aliphatic carbocycles. The minimum atomic E-state index is 0.269. The van der Waals surface area contributed by atoms with Crippen molar-refractivity contribution in [3.05, 3.63) is 34.9 Å². The fourth-order valence-electron chi connectivity index (χ4n) is 3.21. The normalized spacial score (nSPS) is 23.5. The molecule has 0 radical (unpaired) electrons. The van der Waals surface area contributed by atoms with Crippen molar-refractivity contribution < 1.29 is 0 Å². The Labute approximate surface area is 127 Å². The lowest BCUT2D eigenvalue weighted by atomic mass is 10.0. The van der Waals surface area contributed by atoms with E-state index in [1.165, 1.54) is 18.5 Å². The van der Waals surface area contributed by atoms with Crippen LogP contribution < -0.4 is 5.73 Å². The van der Waals surface area contributed by atoms with Crippen molar-refractivity contribution in [3.63, 3.8) is 0 Å². The Morgan fingerprint density at radius 1 is 1.40 bits per heavy atom. The molecule has 1 saturated heterocycles. The van der Waals surface area contributed by atoms with Crippen LogP contribution in [0.25, 0.3) is 0 Å². The van der Waals surface area contributed by atoms with Gasteiger partial charge in [-0.15, -0.1) is 0 Å². The van der Waals surface area contributed by atoms with Crippen molar-refractivity contribution >= 4 is 11.6 Å². The number of rotatable bonds is 4. The molecule has 1 aliphatic heterocycles. The van der Waals surface area contributed by atoms with Gasteiger partial charge < -0.3 is 10.6 Å². The molecule has 3 nitrogen and oxygen atoms in total. The van der Waals surface area contributed by atoms with E-state index in [1.54, 1.807) is 0 Å². The van der Waals surface area contributed by atoms with Gasteiger partial charge in [-0.05, 0) is 44.1 Å². The summed E-state index contributed by atoms with van der Waals surface area (Å²) >= 11 is 6.14. The average Bonchev–Trinajstić information content (AvgIpc) is 2.62. The Bertz CT molecular complexity index is 424. The highest BCUT2D eigenvalue weighted by molar-refractivity contribution is 6.30. The van der Waals surface area contributed by atoms with Crippen molar-refractivity contribution in [3.8, 4) is 0 Å². The number of halogens is 1. The first-order chi connectivity index (χ1) is 9.65. The molecule has 4 heteroatoms. The van der Waals surface area contributed by atoms with Crippen LogP contribution in [0.4, 0.5) is 0 Å². The topological polar surface area (TPSA) is 32.5 Å². The van der Waals surface area contributed by atoms with E-state index in [1.807, 2.05) is 12.1 Å². The summed E-state index contributed by atoms with van der Waals surface area (Å²) in [6.45, 7) is 6.30. The molecule has 1 aliphatic rings. The third kappa shape index (κ3) is 3.73. The van der Waals surface area contributed by atoms with Crippen molar-refractivity contribution in [2.75, 3.05) is 33.2 Å². The smallest absolute Gasteiger partial charge is 0.0474 e. The lowest BCUT2D eigenvalue weighted by Gasteiger charge is -2.37. The lowest BCUT2D eigenvalue weighted by molar-refractivity contribution is 0.131. The Morgan fingerprint density at radius 2 is 2.20 bits per heavy atom. The SMILES string of the molecule is CCC1CN(C)CCCN1C(CN)c1cccc(Cl)c1. The predicted molar refractivity (Wildman–Crippen MR) is 86.1 cm³/mol. The van der Waals surface area contributed by atoms with Crippen LogP contribution in [-0.4, -0.2) is 49.1 Å². The van der Waals surface area contributed by atoms with E-state index in [2.05, 4.69) is 35.9 Å². The molecule has 0 saturated carbocycles. The van der Waals surface area contributed by atoms with Crippen molar-refractivity contribution in [2.45, 2.75) is 31.8 Å². The Hall–Kier alpha value is -0.610. The zero-order chi connectivity index (χ0) is 14.5. The maximum absolute atomic E-state index is 6.14. The fraction of sp³-hybridized carbons (Fsp3) is 0.625. The first-order valence-electron chi connectivity index (χ1n) is 7.55. The van der Waals surface area contributed by atoms with E-state index >= 15 is 0 Å². The maximum Gasteiger partial charge on any atom is 0.0474 e. The van der Waals surface area contributed by atoms with Gasteiger partial charge in [0.2, 0.25) is 0 Å². The molecule has 0 bridgehead atoms. The van der Waals surface area contributed by atoms with Crippen LogP contribution in [0.2, 0.25) is 5.02 Å². The largest absolute Gasteiger partial charge is 0.329 e. The molecule has 2 rings (SSSR count). The molecule has 1 aromatic carbocycles. The Balaban J connectivity index is 2.24. The molecule has 112 valence electrons. The molecule has 2 unspecified atom stereocenters. The van der Waals surface area contributed by atoms with Crippen LogP contribution in [0.3, 0.4) is 0 Å². The van der Waals surface area contributed by atoms with E-state index in [-0.39, 0.29) is 6.04 Å². The minimum Gasteiger partial charge on any atom is -0.329 e. The van der Waals surface area contributed by atoms with Gasteiger partial charge in [0.25, 0.3) is 0 Å². The Morgan fingerprint density at radius 3 is 2.85 bits per heavy atom. The molecule has 1 fully saturated rings. The third-order valence-corrected chi connectivity index (χ3v) is 4.51. The highest BCUT2D eigenvalue weighted by Gasteiger charge is 2.28.